The summed E-state index contributed by atoms with van der Waals surface area (Å²) in [4.78, 5) is 24.9. The molecule has 0 aliphatic carbocycles. The Morgan fingerprint density at radius 3 is 3.17 bits per heavy atom. The summed E-state index contributed by atoms with van der Waals surface area (Å²) in [6.07, 6.45) is 2.61. The van der Waals surface area contributed by atoms with Crippen LogP contribution in [0.15, 0.2) is 39.0 Å². The Balaban J connectivity index is 1.76. The molecular weight excluding hydrogens is 256 g/mol. The minimum Gasteiger partial charge on any atom is -0.467 e. The van der Waals surface area contributed by atoms with Gasteiger partial charge in [0.2, 0.25) is 5.91 Å². The van der Waals surface area contributed by atoms with E-state index in [-0.39, 0.29) is 17.2 Å². The van der Waals surface area contributed by atoms with Crippen molar-refractivity contribution in [2.45, 2.75) is 11.7 Å². The molecule has 18 heavy (non-hydrogen) atoms. The lowest BCUT2D eigenvalue weighted by atomic mass is 10.4. The fourth-order valence-corrected chi connectivity index (χ4v) is 1.79. The third-order valence-corrected chi connectivity index (χ3v) is 2.80. The molecule has 0 unspecified atom stereocenters. The summed E-state index contributed by atoms with van der Waals surface area (Å²) in [5, 5.41) is 10.2. The maximum atomic E-state index is 11.5. The zero-order chi connectivity index (χ0) is 12.8. The number of nitrogens with zero attached hydrogens (tertiary/aromatic N) is 2. The Labute approximate surface area is 106 Å². The van der Waals surface area contributed by atoms with Gasteiger partial charge in [0.25, 0.3) is 5.56 Å². The van der Waals surface area contributed by atoms with Gasteiger partial charge in [-0.1, -0.05) is 11.8 Å². The number of thioether (sulfide) groups is 1. The smallest absolute Gasteiger partial charge is 0.270 e. The van der Waals surface area contributed by atoms with E-state index in [4.69, 9.17) is 4.42 Å². The van der Waals surface area contributed by atoms with Crippen molar-refractivity contribution in [3.8, 4) is 0 Å². The Morgan fingerprint density at radius 2 is 2.44 bits per heavy atom. The Bertz CT molecular complexity index is 567. The van der Waals surface area contributed by atoms with Crippen molar-refractivity contribution in [1.29, 1.82) is 0 Å². The highest BCUT2D eigenvalue weighted by atomic mass is 32.2. The van der Waals surface area contributed by atoms with Gasteiger partial charge in [0.15, 0.2) is 5.16 Å². The molecule has 7 nitrogen and oxygen atoms in total. The van der Waals surface area contributed by atoms with Crippen molar-refractivity contribution >= 4 is 17.7 Å². The fourth-order valence-electron chi connectivity index (χ4n) is 1.15. The molecule has 2 heterocycles. The molecule has 0 aromatic carbocycles. The average molecular weight is 266 g/mol. The molecule has 0 radical (unpaired) electrons. The van der Waals surface area contributed by atoms with Crippen molar-refractivity contribution in [2.24, 2.45) is 0 Å². The minimum absolute atomic E-state index is 0.148. The van der Waals surface area contributed by atoms with E-state index in [1.807, 2.05) is 0 Å². The molecule has 0 saturated carbocycles. The maximum Gasteiger partial charge on any atom is 0.270 e. The summed E-state index contributed by atoms with van der Waals surface area (Å²) < 4.78 is 5.07. The summed E-state index contributed by atoms with van der Waals surface area (Å²) in [6.45, 7) is 0.337. The van der Waals surface area contributed by atoms with E-state index in [1.165, 1.54) is 0 Å². The highest BCUT2D eigenvalue weighted by Crippen LogP contribution is 2.08. The van der Waals surface area contributed by atoms with Gasteiger partial charge < -0.3 is 9.73 Å². The van der Waals surface area contributed by atoms with E-state index >= 15 is 0 Å². The molecular formula is C10H10N4O3S. The van der Waals surface area contributed by atoms with Gasteiger partial charge in [-0.25, -0.2) is 0 Å². The van der Waals surface area contributed by atoms with E-state index in [0.717, 1.165) is 18.0 Å². The highest BCUT2D eigenvalue weighted by molar-refractivity contribution is 7.99. The number of furan rings is 1. The largest absolute Gasteiger partial charge is 0.467 e. The number of aromatic nitrogens is 3. The van der Waals surface area contributed by atoms with E-state index in [1.54, 1.807) is 18.4 Å². The molecule has 0 spiro atoms. The Hall–Kier alpha value is -2.09. The highest BCUT2D eigenvalue weighted by Gasteiger charge is 2.05. The number of carbonyl (C=O) groups is 1. The number of amides is 1. The molecule has 1 amide bonds. The van der Waals surface area contributed by atoms with Gasteiger partial charge in [-0.15, -0.1) is 5.10 Å². The molecule has 8 heteroatoms. The molecule has 0 aliphatic heterocycles. The Kier molecular flexibility index (Phi) is 4.13. The summed E-state index contributed by atoms with van der Waals surface area (Å²) in [7, 11) is 0. The first-order valence-electron chi connectivity index (χ1n) is 5.08. The summed E-state index contributed by atoms with van der Waals surface area (Å²) in [5.41, 5.74) is -0.344. The zero-order valence-corrected chi connectivity index (χ0v) is 10.1. The predicted molar refractivity (Wildman–Crippen MR) is 63.9 cm³/mol. The first-order chi connectivity index (χ1) is 8.74. The number of carbonyl (C=O) groups excluding carboxylic acids is 1. The standard InChI is InChI=1S/C10H10N4O3S/c15-8-5-12-14-10(13-8)18-6-9(16)11-4-7-2-1-3-17-7/h1-3,5H,4,6H2,(H,11,16)(H,13,14,15). The van der Waals surface area contributed by atoms with Crippen molar-refractivity contribution in [3.05, 3.63) is 40.7 Å². The third kappa shape index (κ3) is 3.74. The van der Waals surface area contributed by atoms with Crippen LogP contribution >= 0.6 is 11.8 Å². The number of hydrogen-bond acceptors (Lipinski definition) is 6. The van der Waals surface area contributed by atoms with Crippen LogP contribution in [0, 0.1) is 0 Å². The van der Waals surface area contributed by atoms with Gasteiger partial charge in [0, 0.05) is 0 Å². The van der Waals surface area contributed by atoms with E-state index in [2.05, 4.69) is 20.5 Å². The topological polar surface area (TPSA) is 101 Å². The minimum atomic E-state index is -0.344. The molecule has 2 rings (SSSR count). The van der Waals surface area contributed by atoms with Crippen LogP contribution in [0.1, 0.15) is 5.76 Å². The number of H-pyrrole nitrogens is 1. The van der Waals surface area contributed by atoms with Crippen LogP contribution < -0.4 is 10.9 Å². The molecule has 0 saturated heterocycles. The van der Waals surface area contributed by atoms with Crippen molar-refractivity contribution < 1.29 is 9.21 Å². The fraction of sp³-hybridized carbons (Fsp3) is 0.200. The van der Waals surface area contributed by atoms with Gasteiger partial charge in [-0.3, -0.25) is 14.6 Å². The summed E-state index contributed by atoms with van der Waals surface area (Å²) >= 11 is 1.11. The first-order valence-corrected chi connectivity index (χ1v) is 6.06. The molecule has 0 bridgehead atoms. The van der Waals surface area contributed by atoms with Crippen LogP contribution in [0.4, 0.5) is 0 Å². The van der Waals surface area contributed by atoms with Gasteiger partial charge in [0.05, 0.1) is 18.6 Å². The van der Waals surface area contributed by atoms with Gasteiger partial charge in [-0.2, -0.15) is 5.10 Å². The molecule has 2 aromatic heterocycles. The monoisotopic (exact) mass is 266 g/mol. The SMILES string of the molecule is O=C(CSc1nncc(=O)[nH]1)NCc1ccco1. The summed E-state index contributed by atoms with van der Waals surface area (Å²) in [6, 6.07) is 3.52. The second-order valence-electron chi connectivity index (χ2n) is 3.28. The summed E-state index contributed by atoms with van der Waals surface area (Å²) in [5.74, 6) is 0.652. The van der Waals surface area contributed by atoms with Crippen LogP contribution in [0.2, 0.25) is 0 Å². The number of aromatic amines is 1. The lowest BCUT2D eigenvalue weighted by molar-refractivity contribution is -0.118. The van der Waals surface area contributed by atoms with E-state index < -0.39 is 0 Å². The molecule has 94 valence electrons. The van der Waals surface area contributed by atoms with Crippen LogP contribution in [0.25, 0.3) is 0 Å². The van der Waals surface area contributed by atoms with E-state index in [9.17, 15) is 9.59 Å². The van der Waals surface area contributed by atoms with Crippen molar-refractivity contribution in [3.63, 3.8) is 0 Å². The maximum absolute atomic E-state index is 11.5. The predicted octanol–water partition coefficient (Wildman–Crippen LogP) is 0.166. The lowest BCUT2D eigenvalue weighted by Crippen LogP contribution is -2.24. The second-order valence-corrected chi connectivity index (χ2v) is 4.25. The number of nitrogens with one attached hydrogen (secondary N) is 2. The van der Waals surface area contributed by atoms with Crippen LogP contribution in [-0.4, -0.2) is 26.8 Å². The van der Waals surface area contributed by atoms with Crippen LogP contribution in [0.3, 0.4) is 0 Å². The lowest BCUT2D eigenvalue weighted by Gasteiger charge is -2.02. The van der Waals surface area contributed by atoms with Crippen molar-refractivity contribution in [2.75, 3.05) is 5.75 Å². The molecule has 2 aromatic rings. The van der Waals surface area contributed by atoms with E-state index in [0.29, 0.717) is 17.5 Å². The molecule has 0 aliphatic rings. The van der Waals surface area contributed by atoms with Crippen LogP contribution in [0.5, 0.6) is 0 Å². The van der Waals surface area contributed by atoms with Gasteiger partial charge in [-0.05, 0) is 12.1 Å². The van der Waals surface area contributed by atoms with Gasteiger partial charge in [0.1, 0.15) is 12.0 Å². The van der Waals surface area contributed by atoms with Gasteiger partial charge >= 0.3 is 0 Å². The quantitative estimate of drug-likeness (QED) is 0.748. The molecule has 2 N–H and O–H groups in total. The number of rotatable bonds is 5. The van der Waals surface area contributed by atoms with Crippen molar-refractivity contribution in [1.82, 2.24) is 20.5 Å². The van der Waals surface area contributed by atoms with Crippen LogP contribution in [-0.2, 0) is 11.3 Å². The number of hydrogen-bond donors (Lipinski definition) is 2. The molecule has 0 atom stereocenters. The first kappa shape index (κ1) is 12.4. The average Bonchev–Trinajstić information content (AvgIpc) is 2.87. The normalized spacial score (nSPS) is 10.2. The Morgan fingerprint density at radius 1 is 1.56 bits per heavy atom. The molecule has 0 fully saturated rings. The second kappa shape index (κ2) is 6.01. The zero-order valence-electron chi connectivity index (χ0n) is 9.25. The third-order valence-electron chi connectivity index (χ3n) is 1.93.